The van der Waals surface area contributed by atoms with E-state index in [-0.39, 0.29) is 23.7 Å². The number of rotatable bonds is 3. The lowest BCUT2D eigenvalue weighted by molar-refractivity contribution is -0.167. The van der Waals surface area contributed by atoms with Crippen LogP contribution in [0.3, 0.4) is 0 Å². The van der Waals surface area contributed by atoms with Gasteiger partial charge in [-0.2, -0.15) is 5.01 Å². The maximum absolute atomic E-state index is 12.1. The zero-order chi connectivity index (χ0) is 15.9. The molecule has 3 amide bonds. The molecule has 1 aromatic rings. The average Bonchev–Trinajstić information content (AvgIpc) is 2.92. The van der Waals surface area contributed by atoms with Crippen LogP contribution >= 0.6 is 0 Å². The van der Waals surface area contributed by atoms with Gasteiger partial charge in [-0.05, 0) is 26.0 Å². The molecular weight excluding hydrogens is 288 g/mol. The Labute approximate surface area is 127 Å². The van der Waals surface area contributed by atoms with Crippen molar-refractivity contribution in [3.05, 3.63) is 35.4 Å². The van der Waals surface area contributed by atoms with Gasteiger partial charge in [-0.1, -0.05) is 12.1 Å². The van der Waals surface area contributed by atoms with Crippen LogP contribution in [0.2, 0.25) is 0 Å². The molecule has 2 heterocycles. The summed E-state index contributed by atoms with van der Waals surface area (Å²) in [5.41, 5.74) is 2.88. The number of amides is 3. The molecule has 7 nitrogen and oxygen atoms in total. The fourth-order valence-corrected chi connectivity index (χ4v) is 2.63. The Hall–Kier alpha value is -2.25. The summed E-state index contributed by atoms with van der Waals surface area (Å²) in [6.07, 6.45) is -0.206. The first-order chi connectivity index (χ1) is 10.4. The van der Waals surface area contributed by atoms with Crippen LogP contribution in [0.5, 0.6) is 0 Å². The Bertz CT molecular complexity index is 624. The quantitative estimate of drug-likeness (QED) is 0.837. The summed E-state index contributed by atoms with van der Waals surface area (Å²) in [6, 6.07) is 6.43. The third-order valence-electron chi connectivity index (χ3n) is 3.59. The number of benzene rings is 1. The van der Waals surface area contributed by atoms with Crippen molar-refractivity contribution in [2.75, 3.05) is 6.61 Å². The van der Waals surface area contributed by atoms with Crippen LogP contribution in [0.1, 0.15) is 41.0 Å². The molecule has 7 heteroatoms. The highest BCUT2D eigenvalue weighted by Crippen LogP contribution is 2.27. The van der Waals surface area contributed by atoms with E-state index in [0.717, 1.165) is 5.01 Å². The van der Waals surface area contributed by atoms with Crippen LogP contribution in [0.4, 0.5) is 0 Å². The summed E-state index contributed by atoms with van der Waals surface area (Å²) in [5, 5.41) is 0.731. The summed E-state index contributed by atoms with van der Waals surface area (Å²) in [7, 11) is 0. The van der Waals surface area contributed by atoms with Crippen LogP contribution in [0.25, 0.3) is 0 Å². The zero-order valence-corrected chi connectivity index (χ0v) is 12.3. The molecule has 0 saturated carbocycles. The molecule has 0 unspecified atom stereocenters. The minimum atomic E-state index is -1.04. The van der Waals surface area contributed by atoms with Gasteiger partial charge in [-0.25, -0.2) is 0 Å². The van der Waals surface area contributed by atoms with Crippen molar-refractivity contribution in [1.29, 1.82) is 0 Å². The Kier molecular flexibility index (Phi) is 3.46. The fourth-order valence-electron chi connectivity index (χ4n) is 2.63. The predicted octanol–water partition coefficient (Wildman–Crippen LogP) is 0.855. The maximum Gasteiger partial charge on any atom is 0.280 e. The van der Waals surface area contributed by atoms with E-state index in [1.54, 1.807) is 31.2 Å². The fraction of sp³-hybridized carbons (Fsp3) is 0.400. The molecule has 3 rings (SSSR count). The van der Waals surface area contributed by atoms with E-state index in [1.165, 1.54) is 0 Å². The number of nitrogens with one attached hydrogen (secondary N) is 1. The van der Waals surface area contributed by atoms with Gasteiger partial charge < -0.3 is 9.47 Å². The van der Waals surface area contributed by atoms with Gasteiger partial charge in [0.15, 0.2) is 5.79 Å². The van der Waals surface area contributed by atoms with Gasteiger partial charge in [0.2, 0.25) is 5.91 Å². The molecule has 1 saturated heterocycles. The predicted molar refractivity (Wildman–Crippen MR) is 74.6 cm³/mol. The topological polar surface area (TPSA) is 84.9 Å². The third-order valence-corrected chi connectivity index (χ3v) is 3.59. The number of carbonyl (C=O) groups excluding carboxylic acids is 3. The number of imide groups is 1. The number of hydrogen-bond acceptors (Lipinski definition) is 5. The number of nitrogens with zero attached hydrogens (tertiary/aromatic N) is 1. The third kappa shape index (κ3) is 2.49. The molecule has 116 valence electrons. The van der Waals surface area contributed by atoms with Crippen LogP contribution in [0.15, 0.2) is 24.3 Å². The molecule has 0 aromatic heterocycles. The van der Waals surface area contributed by atoms with Crippen molar-refractivity contribution in [2.24, 2.45) is 0 Å². The summed E-state index contributed by atoms with van der Waals surface area (Å²) in [4.78, 5) is 36.4. The molecule has 2 aliphatic rings. The van der Waals surface area contributed by atoms with E-state index in [9.17, 15) is 14.4 Å². The van der Waals surface area contributed by atoms with Crippen molar-refractivity contribution in [3.63, 3.8) is 0 Å². The van der Waals surface area contributed by atoms with E-state index in [1.807, 2.05) is 6.92 Å². The second kappa shape index (κ2) is 5.19. The number of fused-ring (bicyclic) bond motifs is 1. The van der Waals surface area contributed by atoms with Gasteiger partial charge in [-0.3, -0.25) is 19.8 Å². The minimum absolute atomic E-state index is 0.0999. The van der Waals surface area contributed by atoms with Crippen LogP contribution in [0, 0.1) is 0 Å². The van der Waals surface area contributed by atoms with Gasteiger partial charge in [0.1, 0.15) is 0 Å². The van der Waals surface area contributed by atoms with E-state index >= 15 is 0 Å². The lowest BCUT2D eigenvalue weighted by atomic mass is 10.1. The van der Waals surface area contributed by atoms with Gasteiger partial charge >= 0.3 is 0 Å². The first-order valence-corrected chi connectivity index (χ1v) is 6.99. The smallest absolute Gasteiger partial charge is 0.280 e. The highest BCUT2D eigenvalue weighted by atomic mass is 16.7. The van der Waals surface area contributed by atoms with Gasteiger partial charge in [0.05, 0.1) is 30.3 Å². The average molecular weight is 304 g/mol. The first-order valence-electron chi connectivity index (χ1n) is 6.99. The monoisotopic (exact) mass is 304 g/mol. The minimum Gasteiger partial charge on any atom is -0.347 e. The van der Waals surface area contributed by atoms with Gasteiger partial charge in [0.25, 0.3) is 11.8 Å². The van der Waals surface area contributed by atoms with Gasteiger partial charge in [0, 0.05) is 0 Å². The summed E-state index contributed by atoms with van der Waals surface area (Å²) < 4.78 is 11.0. The highest BCUT2D eigenvalue weighted by molar-refractivity contribution is 6.21. The van der Waals surface area contributed by atoms with E-state index < -0.39 is 23.5 Å². The molecule has 1 aromatic carbocycles. The summed E-state index contributed by atoms with van der Waals surface area (Å²) in [5.74, 6) is -2.64. The molecule has 2 aliphatic heterocycles. The molecule has 1 fully saturated rings. The van der Waals surface area contributed by atoms with Crippen LogP contribution < -0.4 is 5.43 Å². The molecule has 2 atom stereocenters. The number of hydrazine groups is 1. The zero-order valence-electron chi connectivity index (χ0n) is 12.3. The molecule has 0 spiro atoms. The normalized spacial score (nSPS) is 27.2. The van der Waals surface area contributed by atoms with E-state index in [0.29, 0.717) is 6.61 Å². The largest absolute Gasteiger partial charge is 0.347 e. The summed E-state index contributed by atoms with van der Waals surface area (Å²) >= 11 is 0. The number of carbonyl (C=O) groups is 3. The lowest BCUT2D eigenvalue weighted by Gasteiger charge is -2.23. The van der Waals surface area contributed by atoms with Crippen molar-refractivity contribution < 1.29 is 23.9 Å². The number of hydrogen-bond donors (Lipinski definition) is 1. The van der Waals surface area contributed by atoms with E-state index in [2.05, 4.69) is 5.43 Å². The van der Waals surface area contributed by atoms with Gasteiger partial charge in [-0.15, -0.1) is 0 Å². The molecule has 22 heavy (non-hydrogen) atoms. The Morgan fingerprint density at radius 1 is 1.32 bits per heavy atom. The van der Waals surface area contributed by atoms with Crippen molar-refractivity contribution in [1.82, 2.24) is 10.4 Å². The van der Waals surface area contributed by atoms with Crippen LogP contribution in [-0.4, -0.2) is 41.2 Å². The standard InChI is InChI=1S/C15H16N2O5/c1-9-8-21-15(2,22-9)7-12(18)16-17-13(19)10-5-3-4-6-11(10)14(17)20/h3-6,9H,7-8H2,1-2H3,(H,16,18)/t9-,15-/m1/s1. The molecule has 0 bridgehead atoms. The highest BCUT2D eigenvalue weighted by Gasteiger charge is 2.40. The Morgan fingerprint density at radius 2 is 1.91 bits per heavy atom. The van der Waals surface area contributed by atoms with Crippen molar-refractivity contribution in [3.8, 4) is 0 Å². The SMILES string of the molecule is C[C@@H]1CO[C@@](C)(CC(=O)NN2C(=O)c3ccccc3C2=O)O1. The second-order valence-corrected chi connectivity index (χ2v) is 5.58. The second-order valence-electron chi connectivity index (χ2n) is 5.58. The number of ether oxygens (including phenoxy) is 2. The lowest BCUT2D eigenvalue weighted by Crippen LogP contribution is -2.48. The molecular formula is C15H16N2O5. The van der Waals surface area contributed by atoms with Crippen molar-refractivity contribution >= 4 is 17.7 Å². The Morgan fingerprint density at radius 3 is 2.41 bits per heavy atom. The molecule has 0 radical (unpaired) electrons. The van der Waals surface area contributed by atoms with Crippen molar-refractivity contribution in [2.45, 2.75) is 32.2 Å². The maximum atomic E-state index is 12.1. The molecule has 0 aliphatic carbocycles. The molecule has 1 N–H and O–H groups in total. The Balaban J connectivity index is 1.68. The summed E-state index contributed by atoms with van der Waals surface area (Å²) in [6.45, 7) is 3.89. The van der Waals surface area contributed by atoms with Crippen LogP contribution in [-0.2, 0) is 14.3 Å². The first kappa shape index (κ1) is 14.7. The van der Waals surface area contributed by atoms with E-state index in [4.69, 9.17) is 9.47 Å².